The van der Waals surface area contributed by atoms with Gasteiger partial charge in [0.1, 0.15) is 11.9 Å². The molecule has 0 aromatic heterocycles. The second-order valence-corrected chi connectivity index (χ2v) is 5.33. The van der Waals surface area contributed by atoms with Crippen molar-refractivity contribution in [3.05, 3.63) is 64.4 Å². The summed E-state index contributed by atoms with van der Waals surface area (Å²) in [4.78, 5) is 12.4. The van der Waals surface area contributed by atoms with Crippen LogP contribution in [-0.4, -0.2) is 12.5 Å². The number of benzene rings is 2. The quantitative estimate of drug-likeness (QED) is 0.874. The first-order valence-electron chi connectivity index (χ1n) is 6.73. The predicted molar refractivity (Wildman–Crippen MR) is 88.2 cm³/mol. The Balaban J connectivity index is 0.00000176. The molecule has 1 unspecified atom stereocenters. The van der Waals surface area contributed by atoms with Crippen molar-refractivity contribution in [2.75, 3.05) is 11.9 Å². The van der Waals surface area contributed by atoms with Gasteiger partial charge in [-0.15, -0.1) is 12.4 Å². The number of carbonyl (C=O) groups excluding carboxylic acids is 1. The van der Waals surface area contributed by atoms with E-state index in [2.05, 4.69) is 10.6 Å². The van der Waals surface area contributed by atoms with Crippen molar-refractivity contribution in [3.63, 3.8) is 0 Å². The summed E-state index contributed by atoms with van der Waals surface area (Å²) in [7, 11) is 0. The molecule has 0 saturated heterocycles. The normalized spacial score (nSPS) is 16.4. The van der Waals surface area contributed by atoms with Crippen LogP contribution in [0.2, 0.25) is 5.02 Å². The number of rotatable bonds is 2. The fourth-order valence-electron chi connectivity index (χ4n) is 2.55. The van der Waals surface area contributed by atoms with E-state index in [1.165, 1.54) is 12.1 Å². The minimum absolute atomic E-state index is 0. The zero-order valence-electron chi connectivity index (χ0n) is 11.6. The van der Waals surface area contributed by atoms with Gasteiger partial charge in [-0.2, -0.15) is 0 Å². The molecule has 3 rings (SSSR count). The van der Waals surface area contributed by atoms with Crippen LogP contribution in [0, 0.1) is 5.82 Å². The summed E-state index contributed by atoms with van der Waals surface area (Å²) in [6, 6.07) is 11.6. The van der Waals surface area contributed by atoms with Crippen molar-refractivity contribution in [2.45, 2.75) is 12.5 Å². The highest BCUT2D eigenvalue weighted by Gasteiger charge is 2.26. The lowest BCUT2D eigenvalue weighted by Gasteiger charge is -2.26. The average Bonchev–Trinajstić information content (AvgIpc) is 2.50. The maximum Gasteiger partial charge on any atom is 0.246 e. The summed E-state index contributed by atoms with van der Waals surface area (Å²) in [5.41, 5.74) is 2.08. The third-order valence-corrected chi connectivity index (χ3v) is 3.90. The summed E-state index contributed by atoms with van der Waals surface area (Å²) in [6.45, 7) is 0.708. The van der Waals surface area contributed by atoms with E-state index in [0.717, 1.165) is 17.5 Å². The number of para-hydroxylation sites is 1. The maximum absolute atomic E-state index is 13.8. The molecule has 1 heterocycles. The molecule has 2 N–H and O–H groups in total. The van der Waals surface area contributed by atoms with Gasteiger partial charge in [0.2, 0.25) is 5.91 Å². The van der Waals surface area contributed by atoms with Gasteiger partial charge in [-0.05, 0) is 29.7 Å². The third-order valence-electron chi connectivity index (χ3n) is 3.58. The highest BCUT2D eigenvalue weighted by molar-refractivity contribution is 6.33. The molecule has 0 bridgehead atoms. The molecule has 22 heavy (non-hydrogen) atoms. The SMILES string of the molecule is Cl.O=C(Nc1c(F)cccc1Cl)C1NCCc2ccccc21. The Hall–Kier alpha value is -1.62. The Morgan fingerprint density at radius 3 is 2.77 bits per heavy atom. The second-order valence-electron chi connectivity index (χ2n) is 4.92. The van der Waals surface area contributed by atoms with Crippen LogP contribution < -0.4 is 10.6 Å². The maximum atomic E-state index is 13.8. The summed E-state index contributed by atoms with van der Waals surface area (Å²) >= 11 is 5.94. The number of amides is 1. The Bertz CT molecular complexity index is 673. The molecule has 0 saturated carbocycles. The van der Waals surface area contributed by atoms with Gasteiger partial charge in [0.05, 0.1) is 10.7 Å². The van der Waals surface area contributed by atoms with Crippen molar-refractivity contribution < 1.29 is 9.18 Å². The lowest BCUT2D eigenvalue weighted by Crippen LogP contribution is -2.38. The number of fused-ring (bicyclic) bond motifs is 1. The van der Waals surface area contributed by atoms with Crippen LogP contribution in [0.1, 0.15) is 17.2 Å². The summed E-state index contributed by atoms with van der Waals surface area (Å²) in [5.74, 6) is -0.853. The molecule has 6 heteroatoms. The lowest BCUT2D eigenvalue weighted by molar-refractivity contribution is -0.118. The smallest absolute Gasteiger partial charge is 0.246 e. The molecule has 1 aliphatic heterocycles. The number of anilines is 1. The monoisotopic (exact) mass is 340 g/mol. The van der Waals surface area contributed by atoms with Gasteiger partial charge in [0.25, 0.3) is 0 Å². The number of carbonyl (C=O) groups is 1. The van der Waals surface area contributed by atoms with Crippen LogP contribution in [0.4, 0.5) is 10.1 Å². The Kier molecular flexibility index (Phi) is 5.40. The van der Waals surface area contributed by atoms with Crippen molar-refractivity contribution in [2.24, 2.45) is 0 Å². The molecule has 2 aromatic carbocycles. The van der Waals surface area contributed by atoms with E-state index < -0.39 is 11.9 Å². The average molecular weight is 341 g/mol. The standard InChI is InChI=1S/C16H14ClFN2O.ClH/c17-12-6-3-7-13(18)15(12)20-16(21)14-11-5-2-1-4-10(11)8-9-19-14;/h1-7,14,19H,8-9H2,(H,20,21);1H. The first-order chi connectivity index (χ1) is 10.2. The Morgan fingerprint density at radius 2 is 2.00 bits per heavy atom. The number of nitrogens with one attached hydrogen (secondary N) is 2. The van der Waals surface area contributed by atoms with E-state index in [1.807, 2.05) is 24.3 Å². The van der Waals surface area contributed by atoms with Crippen LogP contribution >= 0.6 is 24.0 Å². The predicted octanol–water partition coefficient (Wildman–Crippen LogP) is 3.73. The fraction of sp³-hybridized carbons (Fsp3) is 0.188. The molecule has 0 spiro atoms. The van der Waals surface area contributed by atoms with Crippen LogP contribution in [0.5, 0.6) is 0 Å². The van der Waals surface area contributed by atoms with Crippen molar-refractivity contribution >= 4 is 35.6 Å². The lowest BCUT2D eigenvalue weighted by atomic mass is 9.94. The molecule has 1 amide bonds. The summed E-state index contributed by atoms with van der Waals surface area (Å²) in [6.07, 6.45) is 0.875. The first kappa shape index (κ1) is 16.7. The van der Waals surface area contributed by atoms with Crippen LogP contribution in [0.15, 0.2) is 42.5 Å². The van der Waals surface area contributed by atoms with Crippen molar-refractivity contribution in [1.29, 1.82) is 0 Å². The first-order valence-corrected chi connectivity index (χ1v) is 7.10. The van der Waals surface area contributed by atoms with Crippen molar-refractivity contribution in [1.82, 2.24) is 5.32 Å². The van der Waals surface area contributed by atoms with Gasteiger partial charge < -0.3 is 10.6 Å². The van der Waals surface area contributed by atoms with Gasteiger partial charge >= 0.3 is 0 Å². The minimum Gasteiger partial charge on any atom is -0.321 e. The van der Waals surface area contributed by atoms with Gasteiger partial charge in [-0.1, -0.05) is 41.9 Å². The van der Waals surface area contributed by atoms with Gasteiger partial charge in [0, 0.05) is 6.54 Å². The number of halogens is 3. The van der Waals surface area contributed by atoms with E-state index in [9.17, 15) is 9.18 Å². The molecule has 1 aliphatic rings. The van der Waals surface area contributed by atoms with Crippen LogP contribution in [-0.2, 0) is 11.2 Å². The summed E-state index contributed by atoms with van der Waals surface area (Å²) in [5, 5.41) is 5.92. The largest absolute Gasteiger partial charge is 0.321 e. The zero-order chi connectivity index (χ0) is 14.8. The second kappa shape index (κ2) is 7.09. The molecule has 0 aliphatic carbocycles. The van der Waals surface area contributed by atoms with Gasteiger partial charge in [0.15, 0.2) is 0 Å². The highest BCUT2D eigenvalue weighted by Crippen LogP contribution is 2.28. The molecule has 1 atom stereocenters. The Labute approximate surface area is 139 Å². The molecule has 0 radical (unpaired) electrons. The Morgan fingerprint density at radius 1 is 1.23 bits per heavy atom. The van der Waals surface area contributed by atoms with E-state index in [0.29, 0.717) is 6.54 Å². The third kappa shape index (κ3) is 3.24. The van der Waals surface area contributed by atoms with E-state index in [1.54, 1.807) is 6.07 Å². The topological polar surface area (TPSA) is 41.1 Å². The van der Waals surface area contributed by atoms with E-state index in [4.69, 9.17) is 11.6 Å². The van der Waals surface area contributed by atoms with Crippen LogP contribution in [0.3, 0.4) is 0 Å². The molecule has 0 fully saturated rings. The van der Waals surface area contributed by atoms with E-state index in [-0.39, 0.29) is 29.0 Å². The minimum atomic E-state index is -0.542. The molecule has 116 valence electrons. The van der Waals surface area contributed by atoms with Gasteiger partial charge in [-0.3, -0.25) is 4.79 Å². The fourth-order valence-corrected chi connectivity index (χ4v) is 2.76. The number of hydrogen-bond acceptors (Lipinski definition) is 2. The molecule has 2 aromatic rings. The highest BCUT2D eigenvalue weighted by atomic mass is 35.5. The van der Waals surface area contributed by atoms with Gasteiger partial charge in [-0.25, -0.2) is 4.39 Å². The number of hydrogen-bond donors (Lipinski definition) is 2. The molecular formula is C16H15Cl2FN2O. The van der Waals surface area contributed by atoms with E-state index >= 15 is 0 Å². The molecular weight excluding hydrogens is 326 g/mol. The van der Waals surface area contributed by atoms with Crippen LogP contribution in [0.25, 0.3) is 0 Å². The zero-order valence-corrected chi connectivity index (χ0v) is 13.2. The summed E-state index contributed by atoms with van der Waals surface area (Å²) < 4.78 is 13.8. The van der Waals surface area contributed by atoms with Crippen molar-refractivity contribution in [3.8, 4) is 0 Å². The molecule has 3 nitrogen and oxygen atoms in total.